The molecule has 0 aliphatic heterocycles. The van der Waals surface area contributed by atoms with Crippen LogP contribution in [0.1, 0.15) is 18.1 Å². The molecule has 5 heteroatoms. The van der Waals surface area contributed by atoms with Crippen LogP contribution >= 0.6 is 0 Å². The maximum Gasteiger partial charge on any atom is 0.387 e. The van der Waals surface area contributed by atoms with Crippen LogP contribution in [-0.2, 0) is 17.6 Å². The third kappa shape index (κ3) is 3.18. The number of alkyl halides is 2. The summed E-state index contributed by atoms with van der Waals surface area (Å²) < 4.78 is 28.5. The van der Waals surface area contributed by atoms with Crippen molar-refractivity contribution in [3.63, 3.8) is 0 Å². The zero-order valence-corrected chi connectivity index (χ0v) is 8.74. The summed E-state index contributed by atoms with van der Waals surface area (Å²) in [5.74, 6) is -0.944. The zero-order chi connectivity index (χ0) is 12.1. The Morgan fingerprint density at radius 1 is 1.50 bits per heavy atom. The minimum absolute atomic E-state index is 0.0521. The Morgan fingerprint density at radius 3 is 2.69 bits per heavy atom. The van der Waals surface area contributed by atoms with E-state index >= 15 is 0 Å². The lowest BCUT2D eigenvalue weighted by Gasteiger charge is -2.12. The molecule has 0 saturated heterocycles. The topological polar surface area (TPSA) is 46.5 Å². The van der Waals surface area contributed by atoms with Crippen LogP contribution in [0.4, 0.5) is 8.78 Å². The van der Waals surface area contributed by atoms with E-state index in [2.05, 4.69) is 4.74 Å². The summed E-state index contributed by atoms with van der Waals surface area (Å²) in [6, 6.07) is 4.52. The first-order valence-corrected chi connectivity index (χ1v) is 4.82. The van der Waals surface area contributed by atoms with Crippen LogP contribution in [0.2, 0.25) is 0 Å². The Morgan fingerprint density at radius 2 is 2.19 bits per heavy atom. The van der Waals surface area contributed by atoms with Crippen molar-refractivity contribution in [3.05, 3.63) is 29.3 Å². The van der Waals surface area contributed by atoms with Gasteiger partial charge < -0.3 is 9.84 Å². The van der Waals surface area contributed by atoms with Crippen molar-refractivity contribution >= 4 is 5.97 Å². The van der Waals surface area contributed by atoms with Gasteiger partial charge in [0.25, 0.3) is 0 Å². The number of halogens is 2. The number of carboxylic acid groups (broad SMARTS) is 1. The van der Waals surface area contributed by atoms with Gasteiger partial charge in [-0.2, -0.15) is 8.78 Å². The fraction of sp³-hybridized carbons (Fsp3) is 0.364. The number of hydrogen-bond donors (Lipinski definition) is 1. The van der Waals surface area contributed by atoms with Gasteiger partial charge in [0.2, 0.25) is 0 Å². The third-order valence-corrected chi connectivity index (χ3v) is 2.14. The number of ether oxygens (including phenoxy) is 1. The van der Waals surface area contributed by atoms with E-state index in [0.29, 0.717) is 17.5 Å². The van der Waals surface area contributed by atoms with E-state index < -0.39 is 12.6 Å². The molecule has 0 radical (unpaired) electrons. The quantitative estimate of drug-likeness (QED) is 0.845. The van der Waals surface area contributed by atoms with Gasteiger partial charge in [0.05, 0.1) is 6.42 Å². The van der Waals surface area contributed by atoms with Gasteiger partial charge in [-0.25, -0.2) is 0 Å². The molecule has 3 nitrogen and oxygen atoms in total. The maximum absolute atomic E-state index is 12.1. The zero-order valence-electron chi connectivity index (χ0n) is 8.74. The van der Waals surface area contributed by atoms with Crippen molar-refractivity contribution in [2.24, 2.45) is 0 Å². The summed E-state index contributed by atoms with van der Waals surface area (Å²) >= 11 is 0. The van der Waals surface area contributed by atoms with Crippen molar-refractivity contribution in [2.45, 2.75) is 26.4 Å². The SMILES string of the molecule is CCc1c(CC(=O)O)cccc1OC(F)F. The highest BCUT2D eigenvalue weighted by molar-refractivity contribution is 5.71. The van der Waals surface area contributed by atoms with Crippen LogP contribution in [0.15, 0.2) is 18.2 Å². The average Bonchev–Trinajstić information content (AvgIpc) is 2.16. The summed E-state index contributed by atoms with van der Waals surface area (Å²) in [6.07, 6.45) is 0.259. The Hall–Kier alpha value is -1.65. The molecule has 1 aromatic rings. The first-order valence-electron chi connectivity index (χ1n) is 4.82. The summed E-state index contributed by atoms with van der Waals surface area (Å²) in [7, 11) is 0. The van der Waals surface area contributed by atoms with E-state index in [1.807, 2.05) is 0 Å². The second-order valence-corrected chi connectivity index (χ2v) is 3.20. The summed E-state index contributed by atoms with van der Waals surface area (Å²) in [5.41, 5.74) is 1.03. The number of hydrogen-bond acceptors (Lipinski definition) is 2. The lowest BCUT2D eigenvalue weighted by molar-refractivity contribution is -0.136. The average molecular weight is 230 g/mol. The summed E-state index contributed by atoms with van der Waals surface area (Å²) in [5, 5.41) is 8.67. The summed E-state index contributed by atoms with van der Waals surface area (Å²) in [6.45, 7) is -1.13. The molecule has 88 valence electrons. The lowest BCUT2D eigenvalue weighted by Crippen LogP contribution is -2.08. The van der Waals surface area contributed by atoms with Crippen molar-refractivity contribution in [1.29, 1.82) is 0 Å². The van der Waals surface area contributed by atoms with E-state index in [9.17, 15) is 13.6 Å². The van der Waals surface area contributed by atoms with Gasteiger partial charge in [0.15, 0.2) is 0 Å². The van der Waals surface area contributed by atoms with Crippen LogP contribution < -0.4 is 4.74 Å². The lowest BCUT2D eigenvalue weighted by atomic mass is 10.0. The van der Waals surface area contributed by atoms with Crippen LogP contribution in [0, 0.1) is 0 Å². The first-order chi connectivity index (χ1) is 7.54. The number of carboxylic acids is 1. The van der Waals surface area contributed by atoms with Crippen LogP contribution in [0.25, 0.3) is 0 Å². The van der Waals surface area contributed by atoms with Crippen LogP contribution in [-0.4, -0.2) is 17.7 Å². The van der Waals surface area contributed by atoms with Gasteiger partial charge in [0.1, 0.15) is 5.75 Å². The smallest absolute Gasteiger partial charge is 0.387 e. The number of rotatable bonds is 5. The van der Waals surface area contributed by atoms with E-state index in [4.69, 9.17) is 5.11 Å². The van der Waals surface area contributed by atoms with E-state index in [-0.39, 0.29) is 12.2 Å². The first kappa shape index (κ1) is 12.4. The monoisotopic (exact) mass is 230 g/mol. The van der Waals surface area contributed by atoms with Crippen LogP contribution in [0.5, 0.6) is 5.75 Å². The molecule has 1 aromatic carbocycles. The standard InChI is InChI=1S/C11H12F2O3/c1-2-8-7(6-10(14)15)4-3-5-9(8)16-11(12)13/h3-5,11H,2,6H2,1H3,(H,14,15). The molecule has 0 fully saturated rings. The Labute approximate surface area is 91.7 Å². The largest absolute Gasteiger partial charge is 0.481 e. The highest BCUT2D eigenvalue weighted by atomic mass is 19.3. The van der Waals surface area contributed by atoms with Crippen molar-refractivity contribution in [1.82, 2.24) is 0 Å². The van der Waals surface area contributed by atoms with Gasteiger partial charge in [-0.15, -0.1) is 0 Å². The second kappa shape index (κ2) is 5.44. The molecule has 1 N–H and O–H groups in total. The number of benzene rings is 1. The minimum atomic E-state index is -2.90. The molecule has 0 atom stereocenters. The number of carbonyl (C=O) groups is 1. The number of aliphatic carboxylic acids is 1. The Bertz CT molecular complexity index is 377. The molecule has 0 aliphatic carbocycles. The highest BCUT2D eigenvalue weighted by Gasteiger charge is 2.13. The molecule has 16 heavy (non-hydrogen) atoms. The molecule has 0 spiro atoms. The maximum atomic E-state index is 12.1. The predicted molar refractivity (Wildman–Crippen MR) is 53.8 cm³/mol. The van der Waals surface area contributed by atoms with E-state index in [0.717, 1.165) is 0 Å². The van der Waals surface area contributed by atoms with E-state index in [1.165, 1.54) is 12.1 Å². The molecule has 0 saturated carbocycles. The molecule has 0 aromatic heterocycles. The molecule has 0 aliphatic rings. The molecule has 0 bridgehead atoms. The predicted octanol–water partition coefficient (Wildman–Crippen LogP) is 2.48. The Balaban J connectivity index is 3.04. The fourth-order valence-corrected chi connectivity index (χ4v) is 1.55. The molecule has 0 heterocycles. The minimum Gasteiger partial charge on any atom is -0.481 e. The van der Waals surface area contributed by atoms with Gasteiger partial charge in [-0.1, -0.05) is 19.1 Å². The van der Waals surface area contributed by atoms with Gasteiger partial charge >= 0.3 is 12.6 Å². The molecule has 0 unspecified atom stereocenters. The van der Waals surface area contributed by atoms with Crippen molar-refractivity contribution in [3.8, 4) is 5.75 Å². The summed E-state index contributed by atoms with van der Waals surface area (Å²) in [4.78, 5) is 10.6. The molecule has 0 amide bonds. The highest BCUT2D eigenvalue weighted by Crippen LogP contribution is 2.25. The van der Waals surface area contributed by atoms with Gasteiger partial charge in [-0.05, 0) is 23.6 Å². The molecular weight excluding hydrogens is 218 g/mol. The van der Waals surface area contributed by atoms with Gasteiger partial charge in [0, 0.05) is 0 Å². The van der Waals surface area contributed by atoms with Crippen molar-refractivity contribution in [2.75, 3.05) is 0 Å². The normalized spacial score (nSPS) is 10.5. The van der Waals surface area contributed by atoms with Crippen LogP contribution in [0.3, 0.4) is 0 Å². The van der Waals surface area contributed by atoms with Gasteiger partial charge in [-0.3, -0.25) is 4.79 Å². The molecular formula is C11H12F2O3. The van der Waals surface area contributed by atoms with E-state index in [1.54, 1.807) is 13.0 Å². The third-order valence-electron chi connectivity index (χ3n) is 2.14. The second-order valence-electron chi connectivity index (χ2n) is 3.20. The Kier molecular flexibility index (Phi) is 4.22. The fourth-order valence-electron chi connectivity index (χ4n) is 1.55. The molecule has 1 rings (SSSR count). The van der Waals surface area contributed by atoms with Crippen molar-refractivity contribution < 1.29 is 23.4 Å².